The van der Waals surface area contributed by atoms with E-state index in [0.29, 0.717) is 18.7 Å². The van der Waals surface area contributed by atoms with Crippen LogP contribution in [0.15, 0.2) is 23.2 Å². The first-order chi connectivity index (χ1) is 9.80. The van der Waals surface area contributed by atoms with Crippen LogP contribution in [0.25, 0.3) is 0 Å². The third-order valence-electron chi connectivity index (χ3n) is 3.09. The van der Waals surface area contributed by atoms with Crippen molar-refractivity contribution in [2.75, 3.05) is 5.32 Å². The van der Waals surface area contributed by atoms with Crippen molar-refractivity contribution in [2.45, 2.75) is 50.6 Å². The SMILES string of the molecule is CCC(CC)NS(=O)(=O)c1ccc(NC(C)C(=O)O)nc1. The highest BCUT2D eigenvalue weighted by Crippen LogP contribution is 2.13. The van der Waals surface area contributed by atoms with Crippen LogP contribution in [0.5, 0.6) is 0 Å². The lowest BCUT2D eigenvalue weighted by atomic mass is 10.2. The van der Waals surface area contributed by atoms with E-state index in [4.69, 9.17) is 5.11 Å². The highest BCUT2D eigenvalue weighted by Gasteiger charge is 2.18. The van der Waals surface area contributed by atoms with Crippen molar-refractivity contribution in [3.05, 3.63) is 18.3 Å². The normalized spacial score (nSPS) is 13.1. The fraction of sp³-hybridized carbons (Fsp3) is 0.538. The predicted molar refractivity (Wildman–Crippen MR) is 79.6 cm³/mol. The van der Waals surface area contributed by atoms with E-state index in [0.717, 1.165) is 0 Å². The molecule has 0 aliphatic carbocycles. The van der Waals surface area contributed by atoms with E-state index < -0.39 is 22.0 Å². The van der Waals surface area contributed by atoms with Gasteiger partial charge in [-0.2, -0.15) is 0 Å². The van der Waals surface area contributed by atoms with Crippen LogP contribution in [-0.2, 0) is 14.8 Å². The summed E-state index contributed by atoms with van der Waals surface area (Å²) in [4.78, 5) is 14.7. The zero-order valence-electron chi connectivity index (χ0n) is 12.3. The number of carboxylic acid groups (broad SMARTS) is 1. The summed E-state index contributed by atoms with van der Waals surface area (Å²) in [5.41, 5.74) is 0. The van der Waals surface area contributed by atoms with Gasteiger partial charge in [-0.25, -0.2) is 18.1 Å². The van der Waals surface area contributed by atoms with Crippen molar-refractivity contribution in [1.82, 2.24) is 9.71 Å². The van der Waals surface area contributed by atoms with Gasteiger partial charge in [0.15, 0.2) is 0 Å². The number of sulfonamides is 1. The molecule has 1 aromatic rings. The summed E-state index contributed by atoms with van der Waals surface area (Å²) >= 11 is 0. The zero-order valence-corrected chi connectivity index (χ0v) is 13.1. The summed E-state index contributed by atoms with van der Waals surface area (Å²) in [6, 6.07) is 1.93. The monoisotopic (exact) mass is 315 g/mol. The maximum Gasteiger partial charge on any atom is 0.325 e. The number of pyridine rings is 1. The second-order valence-corrected chi connectivity index (χ2v) is 6.43. The van der Waals surface area contributed by atoms with Gasteiger partial charge < -0.3 is 10.4 Å². The molecule has 1 aromatic heterocycles. The molecule has 0 radical (unpaired) electrons. The Labute approximate surface area is 124 Å². The van der Waals surface area contributed by atoms with E-state index in [9.17, 15) is 13.2 Å². The maximum atomic E-state index is 12.1. The minimum Gasteiger partial charge on any atom is -0.480 e. The Bertz CT molecular complexity index is 568. The average molecular weight is 315 g/mol. The van der Waals surface area contributed by atoms with Crippen LogP contribution >= 0.6 is 0 Å². The molecule has 21 heavy (non-hydrogen) atoms. The summed E-state index contributed by atoms with van der Waals surface area (Å²) in [7, 11) is -3.60. The summed E-state index contributed by atoms with van der Waals surface area (Å²) in [6.45, 7) is 5.30. The van der Waals surface area contributed by atoms with Gasteiger partial charge in [-0.15, -0.1) is 0 Å². The molecular weight excluding hydrogens is 294 g/mol. The topological polar surface area (TPSA) is 108 Å². The van der Waals surface area contributed by atoms with Gasteiger partial charge in [-0.3, -0.25) is 4.79 Å². The van der Waals surface area contributed by atoms with E-state index in [1.807, 2.05) is 13.8 Å². The maximum absolute atomic E-state index is 12.1. The highest BCUT2D eigenvalue weighted by atomic mass is 32.2. The van der Waals surface area contributed by atoms with Crippen LogP contribution in [0.4, 0.5) is 5.82 Å². The van der Waals surface area contributed by atoms with Gasteiger partial charge in [-0.05, 0) is 31.9 Å². The molecule has 7 nitrogen and oxygen atoms in total. The van der Waals surface area contributed by atoms with Crippen molar-refractivity contribution in [3.8, 4) is 0 Å². The number of hydrogen-bond donors (Lipinski definition) is 3. The zero-order chi connectivity index (χ0) is 16.0. The summed E-state index contributed by atoms with van der Waals surface area (Å²) in [5.74, 6) is -0.699. The highest BCUT2D eigenvalue weighted by molar-refractivity contribution is 7.89. The molecule has 0 aromatic carbocycles. The molecule has 8 heteroatoms. The molecule has 118 valence electrons. The molecule has 1 rings (SSSR count). The van der Waals surface area contributed by atoms with Gasteiger partial charge in [-0.1, -0.05) is 13.8 Å². The summed E-state index contributed by atoms with van der Waals surface area (Å²) < 4.78 is 26.9. The number of carbonyl (C=O) groups is 1. The van der Waals surface area contributed by atoms with Crippen LogP contribution < -0.4 is 10.0 Å². The Morgan fingerprint density at radius 3 is 2.38 bits per heavy atom. The average Bonchev–Trinajstić information content (AvgIpc) is 2.45. The lowest BCUT2D eigenvalue weighted by molar-refractivity contribution is -0.137. The standard InChI is InChI=1S/C13H21N3O4S/c1-4-10(5-2)16-21(19,20)11-6-7-12(14-8-11)15-9(3)13(17)18/h6-10,16H,4-5H2,1-3H3,(H,14,15)(H,17,18). The molecule has 0 aliphatic rings. The molecule has 0 saturated carbocycles. The third kappa shape index (κ3) is 4.98. The van der Waals surface area contributed by atoms with E-state index in [2.05, 4.69) is 15.0 Å². The van der Waals surface area contributed by atoms with Crippen molar-refractivity contribution in [1.29, 1.82) is 0 Å². The Morgan fingerprint density at radius 1 is 1.33 bits per heavy atom. The fourth-order valence-corrected chi connectivity index (χ4v) is 3.00. The first-order valence-corrected chi connectivity index (χ1v) is 8.26. The Balaban J connectivity index is 2.84. The number of nitrogens with one attached hydrogen (secondary N) is 2. The van der Waals surface area contributed by atoms with Gasteiger partial charge >= 0.3 is 5.97 Å². The lowest BCUT2D eigenvalue weighted by Crippen LogP contribution is -2.34. The quantitative estimate of drug-likeness (QED) is 0.670. The smallest absolute Gasteiger partial charge is 0.325 e. The first-order valence-electron chi connectivity index (χ1n) is 6.77. The number of rotatable bonds is 8. The second-order valence-electron chi connectivity index (χ2n) is 4.72. The number of carboxylic acids is 1. The van der Waals surface area contributed by atoms with E-state index >= 15 is 0 Å². The molecule has 0 bridgehead atoms. The van der Waals surface area contributed by atoms with Crippen LogP contribution in [0.2, 0.25) is 0 Å². The van der Waals surface area contributed by atoms with E-state index in [1.54, 1.807) is 0 Å². The minimum absolute atomic E-state index is 0.0583. The van der Waals surface area contributed by atoms with Crippen molar-refractivity contribution < 1.29 is 18.3 Å². The molecule has 0 aliphatic heterocycles. The molecule has 0 amide bonds. The predicted octanol–water partition coefficient (Wildman–Crippen LogP) is 1.43. The largest absolute Gasteiger partial charge is 0.480 e. The molecule has 3 N–H and O–H groups in total. The Hall–Kier alpha value is -1.67. The van der Waals surface area contributed by atoms with E-state index in [1.165, 1.54) is 25.3 Å². The molecule has 1 atom stereocenters. The van der Waals surface area contributed by atoms with Gasteiger partial charge in [0.2, 0.25) is 10.0 Å². The number of nitrogens with zero attached hydrogens (tertiary/aromatic N) is 1. The summed E-state index contributed by atoms with van der Waals surface area (Å²) in [5, 5.41) is 11.4. The number of hydrogen-bond acceptors (Lipinski definition) is 5. The van der Waals surface area contributed by atoms with Gasteiger partial charge in [0.1, 0.15) is 16.8 Å². The molecule has 1 unspecified atom stereocenters. The lowest BCUT2D eigenvalue weighted by Gasteiger charge is -2.15. The van der Waals surface area contributed by atoms with Crippen LogP contribution in [0, 0.1) is 0 Å². The Morgan fingerprint density at radius 2 is 1.95 bits per heavy atom. The summed E-state index contributed by atoms with van der Waals surface area (Å²) in [6.07, 6.45) is 2.62. The fourth-order valence-electron chi connectivity index (χ4n) is 1.65. The molecule has 0 spiro atoms. The molecule has 0 saturated heterocycles. The number of anilines is 1. The number of aromatic nitrogens is 1. The minimum atomic E-state index is -3.60. The van der Waals surface area contributed by atoms with Crippen molar-refractivity contribution in [2.24, 2.45) is 0 Å². The first kappa shape index (κ1) is 17.4. The number of aliphatic carboxylic acids is 1. The van der Waals surface area contributed by atoms with Crippen LogP contribution in [0.1, 0.15) is 33.6 Å². The second kappa shape index (κ2) is 7.37. The Kier molecular flexibility index (Phi) is 6.10. The van der Waals surface area contributed by atoms with Crippen LogP contribution in [0.3, 0.4) is 0 Å². The van der Waals surface area contributed by atoms with Crippen LogP contribution in [-0.4, -0.2) is 36.6 Å². The molecular formula is C13H21N3O4S. The van der Waals surface area contributed by atoms with Gasteiger partial charge in [0, 0.05) is 12.2 Å². The van der Waals surface area contributed by atoms with Crippen molar-refractivity contribution in [3.63, 3.8) is 0 Å². The van der Waals surface area contributed by atoms with Gasteiger partial charge in [0.25, 0.3) is 0 Å². The molecule has 0 fully saturated rings. The van der Waals surface area contributed by atoms with Crippen molar-refractivity contribution >= 4 is 21.8 Å². The molecule has 1 heterocycles. The van der Waals surface area contributed by atoms with Gasteiger partial charge in [0.05, 0.1) is 0 Å². The third-order valence-corrected chi connectivity index (χ3v) is 4.59. The van der Waals surface area contributed by atoms with E-state index in [-0.39, 0.29) is 10.9 Å².